The van der Waals surface area contributed by atoms with E-state index < -0.39 is 0 Å². The molecule has 0 bridgehead atoms. The molecule has 1 aromatic carbocycles. The molecule has 1 aliphatic rings. The zero-order valence-electron chi connectivity index (χ0n) is 11.6. The number of anilines is 1. The van der Waals surface area contributed by atoms with Crippen LogP contribution in [0, 0.1) is 6.92 Å². The Hall–Kier alpha value is -1.22. The van der Waals surface area contributed by atoms with Crippen molar-refractivity contribution in [2.24, 2.45) is 0 Å². The van der Waals surface area contributed by atoms with Crippen LogP contribution in [0.2, 0.25) is 0 Å². The topological polar surface area (TPSA) is 33.3 Å². The summed E-state index contributed by atoms with van der Waals surface area (Å²) in [5.74, 6) is 0.954. The molecule has 0 amide bonds. The molecule has 0 saturated carbocycles. The van der Waals surface area contributed by atoms with Crippen molar-refractivity contribution in [1.29, 1.82) is 0 Å². The zero-order valence-corrected chi connectivity index (χ0v) is 11.6. The fraction of sp³-hybridized carbons (Fsp3) is 0.600. The highest BCUT2D eigenvalue weighted by molar-refractivity contribution is 5.54. The van der Waals surface area contributed by atoms with Gasteiger partial charge in [0.25, 0.3) is 0 Å². The summed E-state index contributed by atoms with van der Waals surface area (Å²) in [6.07, 6.45) is 2.73. The molecule has 1 aromatic rings. The van der Waals surface area contributed by atoms with Gasteiger partial charge in [0.1, 0.15) is 5.75 Å². The van der Waals surface area contributed by atoms with Gasteiger partial charge in [-0.05, 0) is 63.9 Å². The maximum absolute atomic E-state index is 5.70. The first-order valence-corrected chi connectivity index (χ1v) is 6.89. The quantitative estimate of drug-likeness (QED) is 0.859. The number of piperidine rings is 1. The minimum absolute atomic E-state index is 0.228. The number of benzene rings is 1. The van der Waals surface area contributed by atoms with E-state index >= 15 is 0 Å². The monoisotopic (exact) mass is 248 g/mol. The lowest BCUT2D eigenvalue weighted by Crippen LogP contribution is -2.38. The molecular weight excluding hydrogens is 224 g/mol. The van der Waals surface area contributed by atoms with E-state index in [1.165, 1.54) is 24.1 Å². The van der Waals surface area contributed by atoms with Gasteiger partial charge in [0.2, 0.25) is 0 Å². The van der Waals surface area contributed by atoms with Crippen LogP contribution in [0.25, 0.3) is 0 Å². The van der Waals surface area contributed by atoms with E-state index in [9.17, 15) is 0 Å². The molecule has 1 unspecified atom stereocenters. The minimum atomic E-state index is 0.228. The lowest BCUT2D eigenvalue weighted by atomic mass is 10.1. The molecular formula is C15H24N2O. The van der Waals surface area contributed by atoms with Gasteiger partial charge in [0.15, 0.2) is 0 Å². The first-order valence-electron chi connectivity index (χ1n) is 6.89. The van der Waals surface area contributed by atoms with E-state index in [0.29, 0.717) is 6.04 Å². The third kappa shape index (κ3) is 3.64. The van der Waals surface area contributed by atoms with E-state index in [1.54, 1.807) is 0 Å². The second-order valence-corrected chi connectivity index (χ2v) is 5.33. The Kier molecular flexibility index (Phi) is 4.48. The van der Waals surface area contributed by atoms with Crippen LogP contribution >= 0.6 is 0 Å². The number of ether oxygens (including phenoxy) is 1. The summed E-state index contributed by atoms with van der Waals surface area (Å²) in [5.41, 5.74) is 2.47. The van der Waals surface area contributed by atoms with Gasteiger partial charge >= 0.3 is 0 Å². The van der Waals surface area contributed by atoms with Gasteiger partial charge in [-0.15, -0.1) is 0 Å². The summed E-state index contributed by atoms with van der Waals surface area (Å²) in [5, 5.41) is 7.04. The molecule has 1 atom stereocenters. The first-order chi connectivity index (χ1) is 8.65. The lowest BCUT2D eigenvalue weighted by Gasteiger charge is -2.25. The van der Waals surface area contributed by atoms with Gasteiger partial charge < -0.3 is 15.4 Å². The van der Waals surface area contributed by atoms with Crippen molar-refractivity contribution < 1.29 is 4.74 Å². The summed E-state index contributed by atoms with van der Waals surface area (Å²) >= 11 is 0. The number of hydrogen-bond donors (Lipinski definition) is 2. The fourth-order valence-corrected chi connectivity index (χ4v) is 2.34. The van der Waals surface area contributed by atoms with Crippen LogP contribution < -0.4 is 15.4 Å². The molecule has 1 heterocycles. The molecule has 1 aliphatic heterocycles. The second-order valence-electron chi connectivity index (χ2n) is 5.33. The van der Waals surface area contributed by atoms with Gasteiger partial charge in [-0.3, -0.25) is 0 Å². The Morgan fingerprint density at radius 1 is 1.39 bits per heavy atom. The van der Waals surface area contributed by atoms with Crippen LogP contribution in [0.3, 0.4) is 0 Å². The van der Waals surface area contributed by atoms with Crippen molar-refractivity contribution in [3.8, 4) is 5.75 Å². The Morgan fingerprint density at radius 2 is 2.22 bits per heavy atom. The predicted molar refractivity (Wildman–Crippen MR) is 76.5 cm³/mol. The third-order valence-corrected chi connectivity index (χ3v) is 3.23. The van der Waals surface area contributed by atoms with Gasteiger partial charge in [0, 0.05) is 18.3 Å². The van der Waals surface area contributed by atoms with Gasteiger partial charge in [0.05, 0.1) is 6.10 Å². The van der Waals surface area contributed by atoms with Crippen LogP contribution in [0.4, 0.5) is 5.69 Å². The van der Waals surface area contributed by atoms with Crippen LogP contribution in [-0.4, -0.2) is 25.2 Å². The van der Waals surface area contributed by atoms with Crippen molar-refractivity contribution in [3.05, 3.63) is 23.8 Å². The molecule has 1 fully saturated rings. The Labute approximate surface area is 110 Å². The highest BCUT2D eigenvalue weighted by Crippen LogP contribution is 2.23. The summed E-state index contributed by atoms with van der Waals surface area (Å²) in [6.45, 7) is 8.44. The molecule has 18 heavy (non-hydrogen) atoms. The van der Waals surface area contributed by atoms with Gasteiger partial charge in [-0.25, -0.2) is 0 Å². The number of hydrogen-bond acceptors (Lipinski definition) is 3. The normalized spacial score (nSPS) is 19.9. The highest BCUT2D eigenvalue weighted by Gasteiger charge is 2.13. The molecule has 0 spiro atoms. The fourth-order valence-electron chi connectivity index (χ4n) is 2.34. The van der Waals surface area contributed by atoms with E-state index in [1.807, 2.05) is 6.07 Å². The largest absolute Gasteiger partial charge is 0.491 e. The van der Waals surface area contributed by atoms with Crippen LogP contribution in [-0.2, 0) is 0 Å². The Bertz CT molecular complexity index is 384. The predicted octanol–water partition coefficient (Wildman–Crippen LogP) is 2.95. The molecule has 1 saturated heterocycles. The summed E-state index contributed by atoms with van der Waals surface area (Å²) in [6, 6.07) is 6.83. The first kappa shape index (κ1) is 13.2. The van der Waals surface area contributed by atoms with Crippen LogP contribution in [0.1, 0.15) is 32.3 Å². The smallest absolute Gasteiger partial charge is 0.120 e. The van der Waals surface area contributed by atoms with Crippen molar-refractivity contribution in [2.45, 2.75) is 45.8 Å². The molecule has 0 aliphatic carbocycles. The third-order valence-electron chi connectivity index (χ3n) is 3.23. The van der Waals surface area contributed by atoms with E-state index in [-0.39, 0.29) is 6.10 Å². The van der Waals surface area contributed by atoms with Crippen molar-refractivity contribution in [1.82, 2.24) is 5.32 Å². The minimum Gasteiger partial charge on any atom is -0.491 e. The summed E-state index contributed by atoms with van der Waals surface area (Å²) in [4.78, 5) is 0. The summed E-state index contributed by atoms with van der Waals surface area (Å²) < 4.78 is 5.70. The Balaban J connectivity index is 2.00. The van der Waals surface area contributed by atoms with E-state index in [4.69, 9.17) is 4.74 Å². The number of rotatable bonds is 4. The average Bonchev–Trinajstić information content (AvgIpc) is 2.33. The SMILES string of the molecule is Cc1cc(OC(C)C)ccc1NC1CCCNC1. The molecule has 3 nitrogen and oxygen atoms in total. The van der Waals surface area contributed by atoms with Crippen molar-refractivity contribution in [2.75, 3.05) is 18.4 Å². The average molecular weight is 248 g/mol. The van der Waals surface area contributed by atoms with Crippen molar-refractivity contribution >= 4 is 5.69 Å². The molecule has 3 heteroatoms. The maximum Gasteiger partial charge on any atom is 0.120 e. The molecule has 2 N–H and O–H groups in total. The molecule has 2 rings (SSSR count). The molecule has 0 radical (unpaired) electrons. The summed E-state index contributed by atoms with van der Waals surface area (Å²) in [7, 11) is 0. The molecule has 100 valence electrons. The molecule has 0 aromatic heterocycles. The van der Waals surface area contributed by atoms with Crippen LogP contribution in [0.15, 0.2) is 18.2 Å². The number of nitrogens with one attached hydrogen (secondary N) is 2. The van der Waals surface area contributed by atoms with Crippen molar-refractivity contribution in [3.63, 3.8) is 0 Å². The lowest BCUT2D eigenvalue weighted by molar-refractivity contribution is 0.242. The van der Waals surface area contributed by atoms with Crippen LogP contribution in [0.5, 0.6) is 5.75 Å². The van der Waals surface area contributed by atoms with Gasteiger partial charge in [-0.2, -0.15) is 0 Å². The zero-order chi connectivity index (χ0) is 13.0. The Morgan fingerprint density at radius 3 is 2.83 bits per heavy atom. The van der Waals surface area contributed by atoms with E-state index in [0.717, 1.165) is 18.8 Å². The van der Waals surface area contributed by atoms with E-state index in [2.05, 4.69) is 43.5 Å². The number of aryl methyl sites for hydroxylation is 1. The maximum atomic E-state index is 5.70. The highest BCUT2D eigenvalue weighted by atomic mass is 16.5. The standard InChI is InChI=1S/C15H24N2O/c1-11(2)18-14-6-7-15(12(3)9-14)17-13-5-4-8-16-10-13/h6-7,9,11,13,16-17H,4-5,8,10H2,1-3H3. The second kappa shape index (κ2) is 6.10. The van der Waals surface area contributed by atoms with Gasteiger partial charge in [-0.1, -0.05) is 0 Å².